The largest absolute Gasteiger partial charge is 0.479 e. The molecule has 6 heteroatoms. The van der Waals surface area contributed by atoms with Gasteiger partial charge in [-0.25, -0.2) is 9.18 Å². The Balaban J connectivity index is 1.81. The Labute approximate surface area is 122 Å². The number of hydrogen-bond donors (Lipinski definition) is 1. The van der Waals surface area contributed by atoms with Crippen LogP contribution < -0.4 is 0 Å². The third-order valence-corrected chi connectivity index (χ3v) is 3.22. The highest BCUT2D eigenvalue weighted by atomic mass is 19.1. The number of carboxylic acids is 1. The third-order valence-electron chi connectivity index (χ3n) is 3.22. The highest BCUT2D eigenvalue weighted by Crippen LogP contribution is 2.21. The Bertz CT molecular complexity index is 459. The summed E-state index contributed by atoms with van der Waals surface area (Å²) in [7, 11) is 0. The predicted molar refractivity (Wildman–Crippen MR) is 72.3 cm³/mol. The second-order valence-electron chi connectivity index (χ2n) is 4.78. The smallest absolute Gasteiger partial charge is 0.337 e. The van der Waals surface area contributed by atoms with Crippen molar-refractivity contribution in [2.75, 3.05) is 19.8 Å². The van der Waals surface area contributed by atoms with E-state index in [1.807, 2.05) is 0 Å². The summed E-state index contributed by atoms with van der Waals surface area (Å²) in [5.41, 5.74) is 0.0129. The van der Waals surface area contributed by atoms with Crippen LogP contribution in [0.1, 0.15) is 30.9 Å². The lowest BCUT2D eigenvalue weighted by Crippen LogP contribution is -2.25. The zero-order valence-corrected chi connectivity index (χ0v) is 11.7. The van der Waals surface area contributed by atoms with Gasteiger partial charge in [-0.05, 0) is 25.3 Å². The number of carboxylic acid groups (broad SMARTS) is 1. The number of benzene rings is 1. The van der Waals surface area contributed by atoms with E-state index in [0.29, 0.717) is 6.61 Å². The number of hydrogen-bond acceptors (Lipinski definition) is 4. The first-order valence-electron chi connectivity index (χ1n) is 7.00. The average Bonchev–Trinajstić information content (AvgIpc) is 2.49. The van der Waals surface area contributed by atoms with Crippen LogP contribution in [0.15, 0.2) is 24.3 Å². The maximum Gasteiger partial charge on any atom is 0.337 e. The van der Waals surface area contributed by atoms with Gasteiger partial charge in [0.2, 0.25) is 0 Å². The van der Waals surface area contributed by atoms with Gasteiger partial charge >= 0.3 is 5.97 Å². The minimum Gasteiger partial charge on any atom is -0.479 e. The van der Waals surface area contributed by atoms with Crippen LogP contribution in [-0.4, -0.2) is 37.2 Å². The molecule has 1 N–H and O–H groups in total. The molecular formula is C15H19FO5. The van der Waals surface area contributed by atoms with Gasteiger partial charge in [0.05, 0.1) is 13.2 Å². The van der Waals surface area contributed by atoms with Crippen LogP contribution in [0.5, 0.6) is 0 Å². The monoisotopic (exact) mass is 298 g/mol. The van der Waals surface area contributed by atoms with Crippen molar-refractivity contribution >= 4 is 5.97 Å². The summed E-state index contributed by atoms with van der Waals surface area (Å²) < 4.78 is 29.7. The van der Waals surface area contributed by atoms with Crippen molar-refractivity contribution in [1.82, 2.24) is 0 Å². The molecule has 1 aliphatic heterocycles. The Hall–Kier alpha value is -1.50. The Morgan fingerprint density at radius 2 is 2.19 bits per heavy atom. The second-order valence-corrected chi connectivity index (χ2v) is 4.78. The maximum atomic E-state index is 13.6. The number of ether oxygens (including phenoxy) is 3. The van der Waals surface area contributed by atoms with Crippen LogP contribution in [0.4, 0.5) is 4.39 Å². The highest BCUT2D eigenvalue weighted by Gasteiger charge is 2.23. The van der Waals surface area contributed by atoms with Gasteiger partial charge in [-0.15, -0.1) is 0 Å². The molecule has 0 aromatic heterocycles. The molecule has 116 valence electrons. The fourth-order valence-corrected chi connectivity index (χ4v) is 2.17. The molecule has 0 spiro atoms. The van der Waals surface area contributed by atoms with Gasteiger partial charge in [-0.3, -0.25) is 0 Å². The van der Waals surface area contributed by atoms with Crippen molar-refractivity contribution in [2.24, 2.45) is 0 Å². The average molecular weight is 298 g/mol. The van der Waals surface area contributed by atoms with Crippen molar-refractivity contribution in [2.45, 2.75) is 31.7 Å². The summed E-state index contributed by atoms with van der Waals surface area (Å²) in [6.07, 6.45) is 1.33. The molecule has 1 saturated heterocycles. The third kappa shape index (κ3) is 4.77. The second kappa shape index (κ2) is 8.07. The normalized spacial score (nSPS) is 20.1. The Morgan fingerprint density at radius 3 is 2.86 bits per heavy atom. The van der Waals surface area contributed by atoms with E-state index in [1.165, 1.54) is 18.2 Å². The molecule has 0 amide bonds. The zero-order chi connectivity index (χ0) is 15.1. The molecule has 2 rings (SSSR count). The van der Waals surface area contributed by atoms with Crippen LogP contribution in [0.3, 0.4) is 0 Å². The first-order chi connectivity index (χ1) is 10.2. The van der Waals surface area contributed by atoms with Crippen molar-refractivity contribution in [3.05, 3.63) is 35.6 Å². The van der Waals surface area contributed by atoms with Gasteiger partial charge in [0.25, 0.3) is 0 Å². The molecule has 21 heavy (non-hydrogen) atoms. The summed E-state index contributed by atoms with van der Waals surface area (Å²) in [6, 6.07) is 5.69. The van der Waals surface area contributed by atoms with Crippen molar-refractivity contribution < 1.29 is 28.5 Å². The van der Waals surface area contributed by atoms with Gasteiger partial charge in [0.15, 0.2) is 12.4 Å². The minimum absolute atomic E-state index is 0.0129. The van der Waals surface area contributed by atoms with E-state index in [1.54, 1.807) is 6.07 Å². The standard InChI is InChI=1S/C15H19FO5/c16-12-6-2-1-5-11(12)14(15(17)18)21-10-9-20-13-7-3-4-8-19-13/h1-2,5-6,13-14H,3-4,7-10H2,(H,17,18). The quantitative estimate of drug-likeness (QED) is 0.784. The first kappa shape index (κ1) is 15.9. The first-order valence-corrected chi connectivity index (χ1v) is 7.00. The SMILES string of the molecule is O=C(O)C(OCCOC1CCCCO1)c1ccccc1F. The van der Waals surface area contributed by atoms with Gasteiger partial charge < -0.3 is 19.3 Å². The molecule has 1 heterocycles. The summed E-state index contributed by atoms with van der Waals surface area (Å²) in [5.74, 6) is -1.82. The van der Waals surface area contributed by atoms with Gasteiger partial charge in [0.1, 0.15) is 5.82 Å². The molecule has 0 bridgehead atoms. The number of aliphatic carboxylic acids is 1. The fraction of sp³-hybridized carbons (Fsp3) is 0.533. The van der Waals surface area contributed by atoms with Gasteiger partial charge in [0, 0.05) is 12.2 Å². The molecule has 0 aliphatic carbocycles. The summed E-state index contributed by atoms with van der Waals surface area (Å²) in [4.78, 5) is 11.2. The van der Waals surface area contributed by atoms with Crippen molar-refractivity contribution in [3.8, 4) is 0 Å². The van der Waals surface area contributed by atoms with Crippen LogP contribution in [0, 0.1) is 5.82 Å². The lowest BCUT2D eigenvalue weighted by atomic mass is 10.1. The fourth-order valence-electron chi connectivity index (χ4n) is 2.17. The van der Waals surface area contributed by atoms with E-state index >= 15 is 0 Å². The van der Waals surface area contributed by atoms with Crippen molar-refractivity contribution in [1.29, 1.82) is 0 Å². The van der Waals surface area contributed by atoms with Gasteiger partial charge in [-0.2, -0.15) is 0 Å². The lowest BCUT2D eigenvalue weighted by molar-refractivity contribution is -0.175. The van der Waals surface area contributed by atoms with Crippen LogP contribution in [-0.2, 0) is 19.0 Å². The molecule has 2 atom stereocenters. The molecule has 1 aromatic rings. The van der Waals surface area contributed by atoms with Crippen molar-refractivity contribution in [3.63, 3.8) is 0 Å². The Morgan fingerprint density at radius 1 is 1.38 bits per heavy atom. The van der Waals surface area contributed by atoms with E-state index in [4.69, 9.17) is 19.3 Å². The minimum atomic E-state index is -1.33. The van der Waals surface area contributed by atoms with E-state index in [-0.39, 0.29) is 25.1 Å². The highest BCUT2D eigenvalue weighted by molar-refractivity contribution is 5.74. The number of rotatable bonds is 7. The molecule has 5 nitrogen and oxygen atoms in total. The van der Waals surface area contributed by atoms with Crippen LogP contribution in [0.25, 0.3) is 0 Å². The van der Waals surface area contributed by atoms with Crippen LogP contribution in [0.2, 0.25) is 0 Å². The molecule has 0 radical (unpaired) electrons. The lowest BCUT2D eigenvalue weighted by Gasteiger charge is -2.23. The summed E-state index contributed by atoms with van der Waals surface area (Å²) in [5, 5.41) is 9.14. The topological polar surface area (TPSA) is 65.0 Å². The Kier molecular flexibility index (Phi) is 6.10. The summed E-state index contributed by atoms with van der Waals surface area (Å²) >= 11 is 0. The molecule has 0 saturated carbocycles. The number of halogens is 1. The molecule has 1 fully saturated rings. The predicted octanol–water partition coefficient (Wildman–Crippen LogP) is 2.51. The van der Waals surface area contributed by atoms with E-state index in [0.717, 1.165) is 19.3 Å². The molecule has 1 aromatic carbocycles. The molecule has 1 aliphatic rings. The molecule has 2 unspecified atom stereocenters. The maximum absolute atomic E-state index is 13.6. The zero-order valence-electron chi connectivity index (χ0n) is 11.7. The molecular weight excluding hydrogens is 279 g/mol. The van der Waals surface area contributed by atoms with E-state index in [9.17, 15) is 9.18 Å². The number of carbonyl (C=O) groups is 1. The van der Waals surface area contributed by atoms with Gasteiger partial charge in [-0.1, -0.05) is 18.2 Å². The summed E-state index contributed by atoms with van der Waals surface area (Å²) in [6.45, 7) is 0.951. The van der Waals surface area contributed by atoms with E-state index < -0.39 is 17.9 Å². The van der Waals surface area contributed by atoms with E-state index in [2.05, 4.69) is 0 Å². The van der Waals surface area contributed by atoms with Crippen LogP contribution >= 0.6 is 0 Å².